The van der Waals surface area contributed by atoms with Gasteiger partial charge in [0.2, 0.25) is 0 Å². The van der Waals surface area contributed by atoms with E-state index in [1.807, 2.05) is 0 Å². The number of hydrogen-bond acceptors (Lipinski definition) is 2. The summed E-state index contributed by atoms with van der Waals surface area (Å²) < 4.78 is 0. The minimum atomic E-state index is 0.902. The lowest BCUT2D eigenvalue weighted by atomic mass is 9.82. The highest BCUT2D eigenvalue weighted by atomic mass is 15.1. The monoisotopic (exact) mass is 250 g/mol. The summed E-state index contributed by atoms with van der Waals surface area (Å²) in [5.41, 5.74) is 0. The summed E-state index contributed by atoms with van der Waals surface area (Å²) in [6, 6.07) is 0.902. The standard InChI is InChI=1S/C16H30N2/c1-18(12-13-7-9-17-10-8-13)16-4-2-3-15(11-16)14-5-6-14/h13-17H,2-12H2,1H3. The zero-order valence-corrected chi connectivity index (χ0v) is 12.0. The number of hydrogen-bond donors (Lipinski definition) is 1. The van der Waals surface area contributed by atoms with Gasteiger partial charge in [0.05, 0.1) is 0 Å². The van der Waals surface area contributed by atoms with Crippen LogP contribution in [0.3, 0.4) is 0 Å². The lowest BCUT2D eigenvalue weighted by Gasteiger charge is -2.38. The second-order valence-electron chi connectivity index (χ2n) is 7.05. The van der Waals surface area contributed by atoms with Gasteiger partial charge in [0.25, 0.3) is 0 Å². The molecule has 104 valence electrons. The molecular formula is C16H30N2. The molecule has 3 fully saturated rings. The first-order valence-electron chi connectivity index (χ1n) is 8.24. The van der Waals surface area contributed by atoms with Gasteiger partial charge in [-0.1, -0.05) is 12.8 Å². The quantitative estimate of drug-likeness (QED) is 0.825. The van der Waals surface area contributed by atoms with Crippen LogP contribution in [-0.4, -0.2) is 37.6 Å². The maximum absolute atomic E-state index is 3.48. The van der Waals surface area contributed by atoms with Crippen LogP contribution in [0.4, 0.5) is 0 Å². The molecule has 2 aliphatic carbocycles. The van der Waals surface area contributed by atoms with Crippen molar-refractivity contribution in [3.8, 4) is 0 Å². The van der Waals surface area contributed by atoms with E-state index in [1.165, 1.54) is 71.0 Å². The summed E-state index contributed by atoms with van der Waals surface area (Å²) >= 11 is 0. The highest BCUT2D eigenvalue weighted by Crippen LogP contribution is 2.44. The summed E-state index contributed by atoms with van der Waals surface area (Å²) in [5, 5.41) is 3.48. The van der Waals surface area contributed by atoms with Crippen LogP contribution in [0.2, 0.25) is 0 Å². The maximum atomic E-state index is 3.48. The number of piperidine rings is 1. The lowest BCUT2D eigenvalue weighted by Crippen LogP contribution is -2.41. The molecule has 2 nitrogen and oxygen atoms in total. The van der Waals surface area contributed by atoms with Crippen molar-refractivity contribution >= 4 is 0 Å². The SMILES string of the molecule is CN(CC1CCNCC1)C1CCCC(C2CC2)C1. The molecule has 1 aliphatic heterocycles. The largest absolute Gasteiger partial charge is 0.317 e. The van der Waals surface area contributed by atoms with Gasteiger partial charge in [-0.3, -0.25) is 0 Å². The highest BCUT2D eigenvalue weighted by molar-refractivity contribution is 4.88. The molecule has 0 aromatic heterocycles. The van der Waals surface area contributed by atoms with Crippen LogP contribution < -0.4 is 5.32 Å². The van der Waals surface area contributed by atoms with E-state index in [4.69, 9.17) is 0 Å². The van der Waals surface area contributed by atoms with Crippen molar-refractivity contribution in [1.82, 2.24) is 10.2 Å². The number of nitrogens with zero attached hydrogens (tertiary/aromatic N) is 1. The second kappa shape index (κ2) is 5.92. The summed E-state index contributed by atoms with van der Waals surface area (Å²) in [5.74, 6) is 3.16. The van der Waals surface area contributed by atoms with Crippen molar-refractivity contribution in [2.24, 2.45) is 17.8 Å². The molecule has 3 rings (SSSR count). The van der Waals surface area contributed by atoms with Gasteiger partial charge >= 0.3 is 0 Å². The molecule has 2 heteroatoms. The van der Waals surface area contributed by atoms with Gasteiger partial charge < -0.3 is 10.2 Å². The van der Waals surface area contributed by atoms with Crippen LogP contribution in [0.1, 0.15) is 51.4 Å². The van der Waals surface area contributed by atoms with Gasteiger partial charge in [0.15, 0.2) is 0 Å². The molecule has 1 heterocycles. The van der Waals surface area contributed by atoms with E-state index in [0.717, 1.165) is 23.8 Å². The third-order valence-corrected chi connectivity index (χ3v) is 5.60. The van der Waals surface area contributed by atoms with Gasteiger partial charge in [-0.25, -0.2) is 0 Å². The van der Waals surface area contributed by atoms with Crippen LogP contribution >= 0.6 is 0 Å². The van der Waals surface area contributed by atoms with Crippen molar-refractivity contribution in [2.45, 2.75) is 57.4 Å². The fourth-order valence-electron chi connectivity index (χ4n) is 4.22. The molecule has 0 aromatic rings. The van der Waals surface area contributed by atoms with Crippen LogP contribution in [0, 0.1) is 17.8 Å². The minimum absolute atomic E-state index is 0.902. The molecule has 1 saturated heterocycles. The Morgan fingerprint density at radius 1 is 0.944 bits per heavy atom. The van der Waals surface area contributed by atoms with E-state index >= 15 is 0 Å². The molecule has 2 atom stereocenters. The summed E-state index contributed by atoms with van der Waals surface area (Å²) in [6.07, 6.45) is 11.8. The Morgan fingerprint density at radius 3 is 2.44 bits per heavy atom. The molecule has 2 unspecified atom stereocenters. The van der Waals surface area contributed by atoms with Crippen LogP contribution in [-0.2, 0) is 0 Å². The molecule has 2 saturated carbocycles. The van der Waals surface area contributed by atoms with E-state index in [2.05, 4.69) is 17.3 Å². The van der Waals surface area contributed by atoms with Crippen molar-refractivity contribution in [1.29, 1.82) is 0 Å². The fourth-order valence-corrected chi connectivity index (χ4v) is 4.22. The minimum Gasteiger partial charge on any atom is -0.317 e. The second-order valence-corrected chi connectivity index (χ2v) is 7.05. The van der Waals surface area contributed by atoms with Crippen molar-refractivity contribution in [2.75, 3.05) is 26.7 Å². The fraction of sp³-hybridized carbons (Fsp3) is 1.00. The molecule has 0 aromatic carbocycles. The normalized spacial score (nSPS) is 35.0. The highest BCUT2D eigenvalue weighted by Gasteiger charge is 2.35. The predicted octanol–water partition coefficient (Wildman–Crippen LogP) is 2.89. The first kappa shape index (κ1) is 12.9. The Bertz CT molecular complexity index is 256. The molecule has 0 radical (unpaired) electrons. The third-order valence-electron chi connectivity index (χ3n) is 5.60. The Morgan fingerprint density at radius 2 is 1.72 bits per heavy atom. The first-order chi connectivity index (χ1) is 8.83. The zero-order chi connectivity index (χ0) is 12.4. The van der Waals surface area contributed by atoms with E-state index in [0.29, 0.717) is 0 Å². The smallest absolute Gasteiger partial charge is 0.00950 e. The van der Waals surface area contributed by atoms with E-state index in [-0.39, 0.29) is 0 Å². The Balaban J connectivity index is 1.46. The number of rotatable bonds is 4. The Kier molecular flexibility index (Phi) is 4.25. The average Bonchev–Trinajstić information content (AvgIpc) is 3.24. The molecule has 3 aliphatic rings. The maximum Gasteiger partial charge on any atom is 0.00950 e. The van der Waals surface area contributed by atoms with E-state index < -0.39 is 0 Å². The molecule has 0 amide bonds. The van der Waals surface area contributed by atoms with Crippen molar-refractivity contribution in [3.05, 3.63) is 0 Å². The van der Waals surface area contributed by atoms with Gasteiger partial charge in [0.1, 0.15) is 0 Å². The molecule has 18 heavy (non-hydrogen) atoms. The van der Waals surface area contributed by atoms with E-state index in [1.54, 1.807) is 0 Å². The average molecular weight is 250 g/mol. The Labute approximate surface area is 113 Å². The van der Waals surface area contributed by atoms with Crippen molar-refractivity contribution in [3.63, 3.8) is 0 Å². The molecule has 1 N–H and O–H groups in total. The summed E-state index contributed by atoms with van der Waals surface area (Å²) in [4.78, 5) is 2.71. The topological polar surface area (TPSA) is 15.3 Å². The van der Waals surface area contributed by atoms with Crippen molar-refractivity contribution < 1.29 is 0 Å². The Hall–Kier alpha value is -0.0800. The zero-order valence-electron chi connectivity index (χ0n) is 12.0. The van der Waals surface area contributed by atoms with E-state index in [9.17, 15) is 0 Å². The predicted molar refractivity (Wildman–Crippen MR) is 76.7 cm³/mol. The lowest BCUT2D eigenvalue weighted by molar-refractivity contribution is 0.123. The first-order valence-corrected chi connectivity index (χ1v) is 8.24. The molecular weight excluding hydrogens is 220 g/mol. The van der Waals surface area contributed by atoms with Crippen LogP contribution in [0.5, 0.6) is 0 Å². The molecule has 0 bridgehead atoms. The van der Waals surface area contributed by atoms with Gasteiger partial charge in [-0.05, 0) is 76.4 Å². The van der Waals surface area contributed by atoms with Gasteiger partial charge in [0, 0.05) is 12.6 Å². The molecule has 0 spiro atoms. The summed E-state index contributed by atoms with van der Waals surface area (Å²) in [6.45, 7) is 3.84. The summed E-state index contributed by atoms with van der Waals surface area (Å²) in [7, 11) is 2.39. The van der Waals surface area contributed by atoms with Crippen LogP contribution in [0.25, 0.3) is 0 Å². The third kappa shape index (κ3) is 3.27. The number of nitrogens with one attached hydrogen (secondary N) is 1. The van der Waals surface area contributed by atoms with Gasteiger partial charge in [-0.2, -0.15) is 0 Å². The van der Waals surface area contributed by atoms with Gasteiger partial charge in [-0.15, -0.1) is 0 Å². The van der Waals surface area contributed by atoms with Crippen LogP contribution in [0.15, 0.2) is 0 Å².